The minimum absolute atomic E-state index is 0.128. The minimum atomic E-state index is -0.721. The smallest absolute Gasteiger partial charge is 0.343 e. The summed E-state index contributed by atoms with van der Waals surface area (Å²) < 4.78 is 7.76. The van der Waals surface area contributed by atoms with Crippen LogP contribution in [-0.4, -0.2) is 28.0 Å². The van der Waals surface area contributed by atoms with Gasteiger partial charge >= 0.3 is 5.97 Å². The highest BCUT2D eigenvalue weighted by molar-refractivity contribution is 14.1. The Labute approximate surface area is 263 Å². The molecule has 41 heavy (non-hydrogen) atoms. The van der Waals surface area contributed by atoms with Gasteiger partial charge in [0, 0.05) is 42.2 Å². The molecule has 0 fully saturated rings. The highest BCUT2D eigenvalue weighted by atomic mass is 127. The molecule has 1 heterocycles. The Morgan fingerprint density at radius 3 is 2.44 bits per heavy atom. The third kappa shape index (κ3) is 6.39. The molecule has 0 aliphatic rings. The first-order valence-corrected chi connectivity index (χ1v) is 14.5. The van der Waals surface area contributed by atoms with Crippen LogP contribution in [0.25, 0.3) is 22.0 Å². The zero-order valence-electron chi connectivity index (χ0n) is 20.7. The SMILES string of the molecule is O=C(Oc1c(Br)cc(Br)cc1C=NNC(=O)c1[nH]c2ccc(I)cc2c1-c1ccccc1)c1ccc([N+](=O)[O-])cc1. The number of nitrogens with one attached hydrogen (secondary N) is 2. The number of fused-ring (bicyclic) bond motifs is 1. The number of halogens is 3. The number of nitro groups is 1. The average Bonchev–Trinajstić information content (AvgIpc) is 3.34. The summed E-state index contributed by atoms with van der Waals surface area (Å²) in [5.41, 5.74) is 5.74. The fourth-order valence-corrected chi connectivity index (χ4v) is 5.94. The van der Waals surface area contributed by atoms with E-state index in [0.29, 0.717) is 20.2 Å². The number of nitro benzene ring substituents is 1. The van der Waals surface area contributed by atoms with Gasteiger partial charge in [-0.2, -0.15) is 5.10 Å². The second-order valence-corrected chi connectivity index (χ2v) is 11.6. The summed E-state index contributed by atoms with van der Waals surface area (Å²) in [6, 6.07) is 23.9. The first-order valence-electron chi connectivity index (χ1n) is 11.9. The molecule has 0 atom stereocenters. The molecule has 0 aliphatic heterocycles. The van der Waals surface area contributed by atoms with E-state index in [0.717, 1.165) is 25.6 Å². The number of nitrogens with zero attached hydrogens (tertiary/aromatic N) is 2. The van der Waals surface area contributed by atoms with Gasteiger partial charge in [0.05, 0.1) is 21.2 Å². The van der Waals surface area contributed by atoms with Gasteiger partial charge in [0.2, 0.25) is 0 Å². The van der Waals surface area contributed by atoms with Crippen LogP contribution in [0.5, 0.6) is 5.75 Å². The molecule has 0 aliphatic carbocycles. The van der Waals surface area contributed by atoms with Gasteiger partial charge in [-0.05, 0) is 86.5 Å². The molecule has 1 aromatic heterocycles. The Morgan fingerprint density at radius 1 is 1.00 bits per heavy atom. The summed E-state index contributed by atoms with van der Waals surface area (Å²) in [4.78, 5) is 39.7. The van der Waals surface area contributed by atoms with Crippen LogP contribution in [0.2, 0.25) is 0 Å². The van der Waals surface area contributed by atoms with Gasteiger partial charge in [0.15, 0.2) is 5.75 Å². The number of aromatic nitrogens is 1. The number of aromatic amines is 1. The van der Waals surface area contributed by atoms with Gasteiger partial charge in [0.1, 0.15) is 5.69 Å². The maximum atomic E-state index is 13.3. The fourth-order valence-electron chi connectivity index (χ4n) is 4.11. The standard InChI is InChI=1S/C29H17Br2IN4O5/c30-19-12-18(27(23(31)13-19)41-29(38)17-6-9-21(10-7-17)36(39)40)15-33-35-28(37)26-25(16-4-2-1-3-5-16)22-14-20(32)8-11-24(22)34-26/h1-15,34H,(H,35,37). The Morgan fingerprint density at radius 2 is 1.73 bits per heavy atom. The van der Waals surface area contributed by atoms with E-state index in [2.05, 4.69) is 70.0 Å². The Hall–Kier alpha value is -3.88. The van der Waals surface area contributed by atoms with Crippen molar-refractivity contribution < 1.29 is 19.2 Å². The molecular weight excluding hydrogens is 771 g/mol. The molecule has 0 unspecified atom stereocenters. The molecule has 5 aromatic rings. The Balaban J connectivity index is 1.42. The lowest BCUT2D eigenvalue weighted by atomic mass is 10.0. The van der Waals surface area contributed by atoms with Crippen molar-refractivity contribution in [3.8, 4) is 16.9 Å². The molecule has 12 heteroatoms. The van der Waals surface area contributed by atoms with Crippen molar-refractivity contribution in [3.05, 3.63) is 124 Å². The van der Waals surface area contributed by atoms with Crippen LogP contribution in [0.1, 0.15) is 26.4 Å². The molecule has 0 spiro atoms. The summed E-state index contributed by atoms with van der Waals surface area (Å²) in [5.74, 6) is -1.02. The first kappa shape index (κ1) is 28.6. The molecule has 0 saturated heterocycles. The predicted molar refractivity (Wildman–Crippen MR) is 171 cm³/mol. The summed E-state index contributed by atoms with van der Waals surface area (Å²) in [6.07, 6.45) is 1.36. The van der Waals surface area contributed by atoms with Crippen LogP contribution in [0.15, 0.2) is 99.0 Å². The highest BCUT2D eigenvalue weighted by Crippen LogP contribution is 2.34. The lowest BCUT2D eigenvalue weighted by Gasteiger charge is -2.10. The van der Waals surface area contributed by atoms with Crippen molar-refractivity contribution >= 4 is 89.1 Å². The monoisotopic (exact) mass is 786 g/mol. The molecule has 2 N–H and O–H groups in total. The number of esters is 1. The van der Waals surface area contributed by atoms with E-state index in [4.69, 9.17) is 4.74 Å². The highest BCUT2D eigenvalue weighted by Gasteiger charge is 2.20. The van der Waals surface area contributed by atoms with Crippen molar-refractivity contribution in [2.75, 3.05) is 0 Å². The van der Waals surface area contributed by atoms with Crippen molar-refractivity contribution in [3.63, 3.8) is 0 Å². The maximum absolute atomic E-state index is 13.3. The molecule has 0 bridgehead atoms. The number of rotatable bonds is 7. The average molecular weight is 788 g/mol. The minimum Gasteiger partial charge on any atom is -0.421 e. The van der Waals surface area contributed by atoms with Gasteiger partial charge in [-0.3, -0.25) is 14.9 Å². The van der Waals surface area contributed by atoms with Crippen molar-refractivity contribution in [2.45, 2.75) is 0 Å². The number of hydrazone groups is 1. The first-order chi connectivity index (χ1) is 19.7. The summed E-state index contributed by atoms with van der Waals surface area (Å²) in [6.45, 7) is 0. The number of hydrogen-bond donors (Lipinski definition) is 2. The maximum Gasteiger partial charge on any atom is 0.343 e. The number of carbonyl (C=O) groups is 2. The number of H-pyrrole nitrogens is 1. The van der Waals surface area contributed by atoms with E-state index in [-0.39, 0.29) is 17.0 Å². The summed E-state index contributed by atoms with van der Waals surface area (Å²) >= 11 is 9.04. The van der Waals surface area contributed by atoms with E-state index < -0.39 is 16.8 Å². The molecule has 204 valence electrons. The van der Waals surface area contributed by atoms with Crippen LogP contribution < -0.4 is 10.2 Å². The van der Waals surface area contributed by atoms with Crippen molar-refractivity contribution in [1.82, 2.24) is 10.4 Å². The van der Waals surface area contributed by atoms with Gasteiger partial charge in [-0.15, -0.1) is 0 Å². The topological polar surface area (TPSA) is 127 Å². The lowest BCUT2D eigenvalue weighted by molar-refractivity contribution is -0.384. The third-order valence-corrected chi connectivity index (χ3v) is 7.68. The number of benzene rings is 4. The number of amides is 1. The van der Waals surface area contributed by atoms with E-state index in [1.54, 1.807) is 12.1 Å². The molecular formula is C29H17Br2IN4O5. The van der Waals surface area contributed by atoms with Crippen LogP contribution in [-0.2, 0) is 0 Å². The van der Waals surface area contributed by atoms with Crippen LogP contribution in [0.3, 0.4) is 0 Å². The third-order valence-electron chi connectivity index (χ3n) is 5.97. The summed E-state index contributed by atoms with van der Waals surface area (Å²) in [5, 5.41) is 16.0. The van der Waals surface area contributed by atoms with Crippen LogP contribution in [0.4, 0.5) is 5.69 Å². The second-order valence-electron chi connectivity index (χ2n) is 8.63. The van der Waals surface area contributed by atoms with E-state index in [1.807, 2.05) is 48.5 Å². The van der Waals surface area contributed by atoms with Gasteiger partial charge in [0.25, 0.3) is 11.6 Å². The molecule has 1 amide bonds. The normalized spacial score (nSPS) is 11.1. The lowest BCUT2D eigenvalue weighted by Crippen LogP contribution is -2.19. The second kappa shape index (κ2) is 12.3. The molecule has 0 saturated carbocycles. The number of hydrogen-bond acceptors (Lipinski definition) is 6. The van der Waals surface area contributed by atoms with E-state index in [1.165, 1.54) is 30.5 Å². The van der Waals surface area contributed by atoms with E-state index >= 15 is 0 Å². The number of ether oxygens (including phenoxy) is 1. The molecule has 0 radical (unpaired) electrons. The predicted octanol–water partition coefficient (Wildman–Crippen LogP) is 7.86. The zero-order chi connectivity index (χ0) is 29.1. The van der Waals surface area contributed by atoms with E-state index in [9.17, 15) is 19.7 Å². The van der Waals surface area contributed by atoms with Crippen LogP contribution >= 0.6 is 54.5 Å². The molecule has 5 rings (SSSR count). The summed E-state index contributed by atoms with van der Waals surface area (Å²) in [7, 11) is 0. The van der Waals surface area contributed by atoms with Gasteiger partial charge in [-0.1, -0.05) is 46.3 Å². The number of carbonyl (C=O) groups excluding carboxylic acids is 2. The fraction of sp³-hybridized carbons (Fsp3) is 0. The Kier molecular flexibility index (Phi) is 8.61. The quantitative estimate of drug-likeness (QED) is 0.0434. The largest absolute Gasteiger partial charge is 0.421 e. The van der Waals surface area contributed by atoms with Gasteiger partial charge < -0.3 is 9.72 Å². The van der Waals surface area contributed by atoms with Crippen LogP contribution in [0, 0.1) is 13.7 Å². The van der Waals surface area contributed by atoms with Gasteiger partial charge in [-0.25, -0.2) is 10.2 Å². The molecule has 9 nitrogen and oxygen atoms in total. The van der Waals surface area contributed by atoms with Crippen molar-refractivity contribution in [1.29, 1.82) is 0 Å². The number of non-ortho nitro benzene ring substituents is 1. The van der Waals surface area contributed by atoms with Crippen molar-refractivity contribution in [2.24, 2.45) is 5.10 Å². The molecule has 4 aromatic carbocycles. The zero-order valence-corrected chi connectivity index (χ0v) is 26.1. The Bertz CT molecular complexity index is 1840.